The summed E-state index contributed by atoms with van der Waals surface area (Å²) in [6, 6.07) is 26.6. The molecule has 8 rings (SSSR count). The maximum Gasteiger partial charge on any atom is 0.241 e. The largest absolute Gasteiger partial charge is 0.508 e. The van der Waals surface area contributed by atoms with Crippen molar-refractivity contribution in [2.24, 2.45) is 29.1 Å². The Morgan fingerprint density at radius 2 is 1.44 bits per heavy atom. The molecule has 0 spiro atoms. The first-order valence-corrected chi connectivity index (χ1v) is 15.6. The first kappa shape index (κ1) is 27.8. The monoisotopic (exact) mass is 616 g/mol. The zero-order valence-corrected chi connectivity index (χ0v) is 25.1. The lowest BCUT2D eigenvalue weighted by molar-refractivity contribution is -0.131. The number of benzene rings is 4. The molecule has 2 heterocycles. The number of phenolic OH excluding ortho intramolecular Hbond substituents is 1. The van der Waals surface area contributed by atoms with Crippen LogP contribution in [-0.4, -0.2) is 28.7 Å². The number of aromatic hydroxyl groups is 1. The first-order chi connectivity index (χ1) is 21.7. The molecule has 1 saturated carbocycles. The highest BCUT2D eigenvalue weighted by Gasteiger charge is 2.68. The van der Waals surface area contributed by atoms with Crippen LogP contribution in [0.2, 0.25) is 5.02 Å². The Labute approximate surface area is 264 Å². The van der Waals surface area contributed by atoms with E-state index in [-0.39, 0.29) is 35.8 Å². The third-order valence-electron chi connectivity index (χ3n) is 10.6. The van der Waals surface area contributed by atoms with Gasteiger partial charge in [0.1, 0.15) is 5.75 Å². The molecule has 0 radical (unpaired) electrons. The number of anilines is 2. The standard InChI is InChI=1S/C37H29ClN2O5/c1-37-28(34(43)40(36(37)45)22-8-3-2-4-9-22)19-27-25(32(37)31-24-10-6-5-7-20(24)11-18-29(31)41)16-17-26-30(27)35(44)39(33(26)42)23-14-12-21(38)13-15-23/h2-16,18,26-28,30,32,41H,17,19H2,1H3. The third kappa shape index (κ3) is 3.77. The highest BCUT2D eigenvalue weighted by atomic mass is 35.5. The van der Waals surface area contributed by atoms with Crippen molar-refractivity contribution in [2.45, 2.75) is 25.7 Å². The lowest BCUT2D eigenvalue weighted by Gasteiger charge is -2.49. The number of hydrogen-bond donors (Lipinski definition) is 1. The number of halogens is 1. The van der Waals surface area contributed by atoms with E-state index >= 15 is 0 Å². The molecule has 4 aliphatic rings. The molecule has 224 valence electrons. The van der Waals surface area contributed by atoms with Gasteiger partial charge in [0.25, 0.3) is 0 Å². The Morgan fingerprint density at radius 1 is 0.756 bits per heavy atom. The van der Waals surface area contributed by atoms with Gasteiger partial charge in [-0.05, 0) is 78.9 Å². The van der Waals surface area contributed by atoms with Crippen LogP contribution in [0.25, 0.3) is 10.8 Å². The van der Waals surface area contributed by atoms with Gasteiger partial charge in [-0.15, -0.1) is 0 Å². The molecule has 4 aromatic rings. The van der Waals surface area contributed by atoms with Crippen LogP contribution in [0.1, 0.15) is 31.2 Å². The average molecular weight is 617 g/mol. The van der Waals surface area contributed by atoms with Gasteiger partial charge in [0.05, 0.1) is 34.5 Å². The highest BCUT2D eigenvalue weighted by Crippen LogP contribution is 2.65. The number of para-hydroxylation sites is 1. The summed E-state index contributed by atoms with van der Waals surface area (Å²) in [5.74, 6) is -4.48. The van der Waals surface area contributed by atoms with Crippen molar-refractivity contribution >= 4 is 57.4 Å². The number of nitrogens with zero attached hydrogens (tertiary/aromatic N) is 2. The maximum atomic E-state index is 14.6. The lowest BCUT2D eigenvalue weighted by atomic mass is 9.51. The fourth-order valence-corrected chi connectivity index (χ4v) is 8.70. The molecular weight excluding hydrogens is 588 g/mol. The number of imide groups is 2. The fraction of sp³-hybridized carbons (Fsp3) is 0.243. The summed E-state index contributed by atoms with van der Waals surface area (Å²) in [6.45, 7) is 1.83. The number of rotatable bonds is 3. The minimum atomic E-state index is -1.24. The van der Waals surface area contributed by atoms with Gasteiger partial charge in [0.15, 0.2) is 0 Å². The molecule has 2 saturated heterocycles. The van der Waals surface area contributed by atoms with E-state index in [0.717, 1.165) is 16.3 Å². The molecule has 2 aliphatic heterocycles. The summed E-state index contributed by atoms with van der Waals surface area (Å²) in [5.41, 5.74) is 1.09. The van der Waals surface area contributed by atoms with Crippen molar-refractivity contribution in [3.05, 3.63) is 113 Å². The van der Waals surface area contributed by atoms with Crippen LogP contribution < -0.4 is 9.80 Å². The van der Waals surface area contributed by atoms with Gasteiger partial charge >= 0.3 is 0 Å². The highest BCUT2D eigenvalue weighted by molar-refractivity contribution is 6.31. The Bertz CT molecular complexity index is 1970. The molecule has 0 aromatic heterocycles. The van der Waals surface area contributed by atoms with Gasteiger partial charge in [-0.3, -0.25) is 24.1 Å². The van der Waals surface area contributed by atoms with E-state index in [1.165, 1.54) is 9.80 Å². The second kappa shape index (κ2) is 9.88. The molecule has 45 heavy (non-hydrogen) atoms. The van der Waals surface area contributed by atoms with E-state index in [9.17, 15) is 24.3 Å². The molecule has 0 bridgehead atoms. The van der Waals surface area contributed by atoms with Crippen LogP contribution >= 0.6 is 11.6 Å². The predicted molar refractivity (Wildman–Crippen MR) is 171 cm³/mol. The van der Waals surface area contributed by atoms with Crippen LogP contribution in [-0.2, 0) is 19.2 Å². The summed E-state index contributed by atoms with van der Waals surface area (Å²) in [6.07, 6.45) is 2.56. The van der Waals surface area contributed by atoms with Gasteiger partial charge in [-0.2, -0.15) is 0 Å². The third-order valence-corrected chi connectivity index (χ3v) is 10.9. The maximum absolute atomic E-state index is 14.6. The smallest absolute Gasteiger partial charge is 0.241 e. The number of hydrogen-bond acceptors (Lipinski definition) is 5. The van der Waals surface area contributed by atoms with E-state index < -0.39 is 35.0 Å². The molecule has 7 nitrogen and oxygen atoms in total. The zero-order chi connectivity index (χ0) is 31.2. The summed E-state index contributed by atoms with van der Waals surface area (Å²) in [7, 11) is 0. The summed E-state index contributed by atoms with van der Waals surface area (Å²) >= 11 is 6.10. The summed E-state index contributed by atoms with van der Waals surface area (Å²) < 4.78 is 0. The predicted octanol–water partition coefficient (Wildman–Crippen LogP) is 6.63. The van der Waals surface area contributed by atoms with Crippen molar-refractivity contribution in [1.82, 2.24) is 0 Å². The fourth-order valence-electron chi connectivity index (χ4n) is 8.58. The van der Waals surface area contributed by atoms with Crippen molar-refractivity contribution in [3.8, 4) is 5.75 Å². The van der Waals surface area contributed by atoms with Crippen molar-refractivity contribution in [2.75, 3.05) is 9.80 Å². The molecule has 6 atom stereocenters. The van der Waals surface area contributed by atoms with Crippen molar-refractivity contribution in [1.29, 1.82) is 0 Å². The molecule has 3 fully saturated rings. The van der Waals surface area contributed by atoms with E-state index in [2.05, 4.69) is 0 Å². The van der Waals surface area contributed by atoms with E-state index in [0.29, 0.717) is 28.4 Å². The number of phenols is 1. The van der Waals surface area contributed by atoms with Crippen LogP contribution in [0.15, 0.2) is 103 Å². The lowest BCUT2D eigenvalue weighted by Crippen LogP contribution is -2.49. The zero-order valence-electron chi connectivity index (χ0n) is 24.4. The molecule has 8 heteroatoms. The minimum absolute atomic E-state index is 0.0253. The first-order valence-electron chi connectivity index (χ1n) is 15.2. The van der Waals surface area contributed by atoms with Crippen LogP contribution in [0.4, 0.5) is 11.4 Å². The Hall–Kier alpha value is -4.75. The second-order valence-electron chi connectivity index (χ2n) is 12.7. The number of carbonyl (C=O) groups excluding carboxylic acids is 4. The van der Waals surface area contributed by atoms with Crippen LogP contribution in [0.3, 0.4) is 0 Å². The van der Waals surface area contributed by atoms with Gasteiger partial charge in [0.2, 0.25) is 23.6 Å². The second-order valence-corrected chi connectivity index (χ2v) is 13.1. The quantitative estimate of drug-likeness (QED) is 0.206. The van der Waals surface area contributed by atoms with E-state index in [1.54, 1.807) is 54.6 Å². The van der Waals surface area contributed by atoms with Crippen molar-refractivity contribution < 1.29 is 24.3 Å². The molecule has 1 N–H and O–H groups in total. The molecule has 4 amide bonds. The molecule has 6 unspecified atom stereocenters. The summed E-state index contributed by atoms with van der Waals surface area (Å²) in [4.78, 5) is 59.6. The number of amides is 4. The minimum Gasteiger partial charge on any atom is -0.508 e. The van der Waals surface area contributed by atoms with Crippen LogP contribution in [0, 0.1) is 29.1 Å². The number of carbonyl (C=O) groups is 4. The van der Waals surface area contributed by atoms with Crippen molar-refractivity contribution in [3.63, 3.8) is 0 Å². The Balaban J connectivity index is 1.32. The summed E-state index contributed by atoms with van der Waals surface area (Å²) in [5, 5.41) is 13.7. The van der Waals surface area contributed by atoms with Gasteiger partial charge in [-0.1, -0.05) is 71.8 Å². The SMILES string of the molecule is CC12C(=O)N(c3ccccc3)C(=O)C1CC1C(=CCC3C(=O)N(c4ccc(Cl)cc4)C(=O)C31)C2c1c(O)ccc2ccccc12. The Morgan fingerprint density at radius 3 is 2.20 bits per heavy atom. The molecule has 2 aliphatic carbocycles. The van der Waals surface area contributed by atoms with Gasteiger partial charge < -0.3 is 5.11 Å². The molecular formula is C37H29ClN2O5. The van der Waals surface area contributed by atoms with Crippen LogP contribution in [0.5, 0.6) is 5.75 Å². The normalized spacial score (nSPS) is 29.1. The van der Waals surface area contributed by atoms with E-state index in [1.807, 2.05) is 49.4 Å². The number of fused-ring (bicyclic) bond motifs is 5. The van der Waals surface area contributed by atoms with E-state index in [4.69, 9.17) is 11.6 Å². The van der Waals surface area contributed by atoms with Gasteiger partial charge in [-0.25, -0.2) is 4.90 Å². The average Bonchev–Trinajstić information content (AvgIpc) is 3.42. The molecule has 4 aromatic carbocycles. The Kier molecular flexibility index (Phi) is 6.10. The van der Waals surface area contributed by atoms with Gasteiger partial charge in [0, 0.05) is 16.5 Å². The number of allylic oxidation sites excluding steroid dienone is 2. The topological polar surface area (TPSA) is 95.0 Å².